The monoisotopic (exact) mass is 340 g/mol. The number of rotatable bonds is 5. The fourth-order valence-corrected chi connectivity index (χ4v) is 3.03. The lowest BCUT2D eigenvalue weighted by Gasteiger charge is -2.34. The summed E-state index contributed by atoms with van der Waals surface area (Å²) in [6.07, 6.45) is 2.99. The van der Waals surface area contributed by atoms with Gasteiger partial charge in [0.15, 0.2) is 5.82 Å². The molecule has 0 aliphatic carbocycles. The van der Waals surface area contributed by atoms with Gasteiger partial charge in [0.25, 0.3) is 5.91 Å². The lowest BCUT2D eigenvalue weighted by atomic mass is 10.1. The Balaban J connectivity index is 1.84. The van der Waals surface area contributed by atoms with Gasteiger partial charge in [-0.2, -0.15) is 4.68 Å². The topological polar surface area (TPSA) is 67.2 Å². The van der Waals surface area contributed by atoms with Crippen molar-refractivity contribution in [3.63, 3.8) is 0 Å². The molecule has 0 N–H and O–H groups in total. The lowest BCUT2D eigenvalue weighted by molar-refractivity contribution is -0.127. The summed E-state index contributed by atoms with van der Waals surface area (Å²) in [4.78, 5) is 17.4. The highest BCUT2D eigenvalue weighted by Crippen LogP contribution is 2.16. The molecule has 0 bridgehead atoms. The van der Waals surface area contributed by atoms with Crippen molar-refractivity contribution in [2.75, 3.05) is 32.7 Å². The Morgan fingerprint density at radius 2 is 1.88 bits per heavy atom. The smallest absolute Gasteiger partial charge is 0.272 e. The molecular weight excluding hydrogens is 316 g/mol. The van der Waals surface area contributed by atoms with Crippen molar-refractivity contribution in [3.05, 3.63) is 41.7 Å². The van der Waals surface area contributed by atoms with Crippen LogP contribution in [-0.2, 0) is 4.79 Å². The number of piperazine rings is 1. The molecule has 0 radical (unpaired) electrons. The summed E-state index contributed by atoms with van der Waals surface area (Å²) in [5.74, 6) is 0.565. The van der Waals surface area contributed by atoms with Crippen molar-refractivity contribution in [3.8, 4) is 0 Å². The third-order valence-electron chi connectivity index (χ3n) is 4.38. The van der Waals surface area contributed by atoms with Gasteiger partial charge in [-0.25, -0.2) is 0 Å². The van der Waals surface area contributed by atoms with E-state index in [1.807, 2.05) is 41.3 Å². The van der Waals surface area contributed by atoms with Gasteiger partial charge >= 0.3 is 0 Å². The number of nitrogens with zero attached hydrogens (tertiary/aromatic N) is 6. The number of carbonyl (C=O) groups excluding carboxylic acids is 1. The quantitative estimate of drug-likeness (QED) is 0.772. The van der Waals surface area contributed by atoms with Gasteiger partial charge in [-0.15, -0.1) is 5.10 Å². The van der Waals surface area contributed by atoms with Gasteiger partial charge in [-0.3, -0.25) is 9.69 Å². The molecule has 3 rings (SSSR count). The first-order valence-corrected chi connectivity index (χ1v) is 8.72. The molecule has 1 saturated heterocycles. The summed E-state index contributed by atoms with van der Waals surface area (Å²) < 4.78 is 1.52. The zero-order chi connectivity index (χ0) is 17.6. The molecule has 0 atom stereocenters. The first-order valence-electron chi connectivity index (χ1n) is 8.72. The zero-order valence-corrected chi connectivity index (χ0v) is 14.8. The molecular formula is C18H24N6O. The van der Waals surface area contributed by atoms with E-state index in [1.165, 1.54) is 4.68 Å². The first kappa shape index (κ1) is 17.3. The molecule has 132 valence electrons. The summed E-state index contributed by atoms with van der Waals surface area (Å²) in [6, 6.07) is 9.78. The highest BCUT2D eigenvalue weighted by atomic mass is 16.2. The Kier molecular flexibility index (Phi) is 5.55. The minimum absolute atomic E-state index is 0.0320. The summed E-state index contributed by atoms with van der Waals surface area (Å²) in [7, 11) is 0. The Hall–Kier alpha value is -2.54. The molecule has 0 saturated carbocycles. The van der Waals surface area contributed by atoms with Gasteiger partial charge in [-0.1, -0.05) is 37.3 Å². The van der Waals surface area contributed by atoms with Crippen molar-refractivity contribution >= 4 is 17.7 Å². The molecule has 25 heavy (non-hydrogen) atoms. The number of carbonyl (C=O) groups is 1. The van der Waals surface area contributed by atoms with Gasteiger partial charge in [0, 0.05) is 26.2 Å². The predicted octanol–water partition coefficient (Wildman–Crippen LogP) is 1.53. The van der Waals surface area contributed by atoms with Gasteiger partial charge in [0.1, 0.15) is 5.70 Å². The highest BCUT2D eigenvalue weighted by molar-refractivity contribution is 6.18. The van der Waals surface area contributed by atoms with E-state index in [1.54, 1.807) is 6.92 Å². The van der Waals surface area contributed by atoms with Gasteiger partial charge in [0.2, 0.25) is 0 Å². The number of tetrazole rings is 1. The van der Waals surface area contributed by atoms with E-state index in [4.69, 9.17) is 0 Å². The van der Waals surface area contributed by atoms with Gasteiger partial charge in [0.05, 0.1) is 0 Å². The van der Waals surface area contributed by atoms with Crippen LogP contribution in [0.5, 0.6) is 0 Å². The Bertz CT molecular complexity index is 731. The first-order chi connectivity index (χ1) is 12.2. The average molecular weight is 340 g/mol. The van der Waals surface area contributed by atoms with Gasteiger partial charge in [-0.05, 0) is 42.0 Å². The van der Waals surface area contributed by atoms with Crippen LogP contribution < -0.4 is 0 Å². The number of aryl methyl sites for hydroxylation is 1. The third kappa shape index (κ3) is 4.11. The summed E-state index contributed by atoms with van der Waals surface area (Å²) in [5, 5.41) is 11.6. The van der Waals surface area contributed by atoms with E-state index >= 15 is 0 Å². The Morgan fingerprint density at radius 3 is 2.48 bits per heavy atom. The minimum atomic E-state index is -0.0320. The van der Waals surface area contributed by atoms with Crippen LogP contribution in [0.2, 0.25) is 0 Å². The molecule has 0 spiro atoms. The number of amides is 1. The van der Waals surface area contributed by atoms with Crippen LogP contribution in [0.1, 0.15) is 24.7 Å². The SMILES string of the molecule is CCCN1CCN(C(=O)/C(=C/c2ccccc2)n2nnnc2C)CC1. The molecule has 1 aliphatic rings. The fraction of sp³-hybridized carbons (Fsp3) is 0.444. The number of hydrogen-bond donors (Lipinski definition) is 0. The fourth-order valence-electron chi connectivity index (χ4n) is 3.03. The van der Waals surface area contributed by atoms with E-state index in [-0.39, 0.29) is 5.91 Å². The molecule has 1 aromatic carbocycles. The van der Waals surface area contributed by atoms with Gasteiger partial charge < -0.3 is 4.90 Å². The molecule has 7 nitrogen and oxygen atoms in total. The standard InChI is InChI=1S/C18H24N6O/c1-3-9-22-10-12-23(13-11-22)18(25)17(24-15(2)19-20-21-24)14-16-7-5-4-6-8-16/h4-8,14H,3,9-13H2,1-2H3/b17-14-. The van der Waals surface area contributed by atoms with Crippen molar-refractivity contribution in [2.45, 2.75) is 20.3 Å². The van der Waals surface area contributed by atoms with Crippen LogP contribution in [-0.4, -0.2) is 68.6 Å². The molecule has 7 heteroatoms. The highest BCUT2D eigenvalue weighted by Gasteiger charge is 2.25. The molecule has 1 aliphatic heterocycles. The number of aromatic nitrogens is 4. The van der Waals surface area contributed by atoms with E-state index < -0.39 is 0 Å². The normalized spacial score (nSPS) is 16.2. The number of hydrogen-bond acceptors (Lipinski definition) is 5. The minimum Gasteiger partial charge on any atom is -0.335 e. The van der Waals surface area contributed by atoms with Crippen LogP contribution in [0.25, 0.3) is 11.8 Å². The molecule has 1 amide bonds. The van der Waals surface area contributed by atoms with Crippen molar-refractivity contribution < 1.29 is 4.79 Å². The second-order valence-electron chi connectivity index (χ2n) is 6.21. The second-order valence-corrected chi connectivity index (χ2v) is 6.21. The van der Waals surface area contributed by atoms with Crippen molar-refractivity contribution in [2.24, 2.45) is 0 Å². The van der Waals surface area contributed by atoms with E-state index in [9.17, 15) is 4.79 Å². The lowest BCUT2D eigenvalue weighted by Crippen LogP contribution is -2.49. The second kappa shape index (κ2) is 8.02. The maximum absolute atomic E-state index is 13.1. The Labute approximate surface area is 147 Å². The van der Waals surface area contributed by atoms with Crippen LogP contribution in [0, 0.1) is 6.92 Å². The summed E-state index contributed by atoms with van der Waals surface area (Å²) >= 11 is 0. The molecule has 2 aromatic rings. The maximum atomic E-state index is 13.1. The van der Waals surface area contributed by atoms with E-state index in [0.29, 0.717) is 11.5 Å². The molecule has 0 unspecified atom stereocenters. The predicted molar refractivity (Wildman–Crippen MR) is 96.5 cm³/mol. The van der Waals surface area contributed by atoms with Crippen LogP contribution in [0.4, 0.5) is 0 Å². The van der Waals surface area contributed by atoms with E-state index in [2.05, 4.69) is 27.3 Å². The summed E-state index contributed by atoms with van der Waals surface area (Å²) in [6.45, 7) is 8.34. The van der Waals surface area contributed by atoms with Crippen molar-refractivity contribution in [1.29, 1.82) is 0 Å². The average Bonchev–Trinajstić information content (AvgIpc) is 3.07. The van der Waals surface area contributed by atoms with Crippen LogP contribution >= 0.6 is 0 Å². The largest absolute Gasteiger partial charge is 0.335 e. The summed E-state index contributed by atoms with van der Waals surface area (Å²) in [5.41, 5.74) is 1.43. The maximum Gasteiger partial charge on any atom is 0.272 e. The molecule has 1 fully saturated rings. The van der Waals surface area contributed by atoms with Crippen LogP contribution in [0.15, 0.2) is 30.3 Å². The molecule has 1 aromatic heterocycles. The zero-order valence-electron chi connectivity index (χ0n) is 14.8. The van der Waals surface area contributed by atoms with Crippen molar-refractivity contribution in [1.82, 2.24) is 30.0 Å². The Morgan fingerprint density at radius 1 is 1.16 bits per heavy atom. The molecule has 2 heterocycles. The third-order valence-corrected chi connectivity index (χ3v) is 4.38. The van der Waals surface area contributed by atoms with E-state index in [0.717, 1.165) is 44.7 Å². The number of benzene rings is 1. The van der Waals surface area contributed by atoms with Crippen LogP contribution in [0.3, 0.4) is 0 Å².